The van der Waals surface area contributed by atoms with Gasteiger partial charge in [0.2, 0.25) is 0 Å². The summed E-state index contributed by atoms with van der Waals surface area (Å²) in [6.07, 6.45) is 16.1. The van der Waals surface area contributed by atoms with Crippen molar-refractivity contribution in [2.75, 3.05) is 0 Å². The van der Waals surface area contributed by atoms with Crippen molar-refractivity contribution >= 4 is 0 Å². The van der Waals surface area contributed by atoms with E-state index < -0.39 is 0 Å². The third kappa shape index (κ3) is 9.00. The van der Waals surface area contributed by atoms with Crippen LogP contribution in [-0.4, -0.2) is 0 Å². The van der Waals surface area contributed by atoms with Gasteiger partial charge in [-0.15, -0.1) is 0 Å². The number of hydrogen-bond donors (Lipinski definition) is 0. The van der Waals surface area contributed by atoms with Crippen LogP contribution >= 0.6 is 0 Å². The quantitative estimate of drug-likeness (QED) is 0.324. The van der Waals surface area contributed by atoms with E-state index in [1.54, 1.807) is 0 Å². The monoisotopic (exact) mass is 252 g/mol. The number of hydrogen-bond acceptors (Lipinski definition) is 0. The molecule has 0 aromatic rings. The van der Waals surface area contributed by atoms with Crippen LogP contribution in [0.5, 0.6) is 0 Å². The van der Waals surface area contributed by atoms with Gasteiger partial charge >= 0.3 is 0 Å². The number of rotatable bonds is 13. The minimum atomic E-state index is 0.834. The smallest absolute Gasteiger partial charge is 0.0386 e. The van der Waals surface area contributed by atoms with Gasteiger partial charge in [-0.3, -0.25) is 0 Å². The van der Waals surface area contributed by atoms with Crippen LogP contribution in [-0.2, 0) is 0 Å². The summed E-state index contributed by atoms with van der Waals surface area (Å²) >= 11 is 0. The van der Waals surface area contributed by atoms with Gasteiger partial charge in [-0.1, -0.05) is 105 Å². The zero-order chi connectivity index (χ0) is 13.6. The Hall–Kier alpha value is 0. The molecule has 0 amide bonds. The molecule has 0 spiro atoms. The highest BCUT2D eigenvalue weighted by Crippen LogP contribution is 2.29. The summed E-state index contributed by atoms with van der Waals surface area (Å²) < 4.78 is 0. The molecule has 0 saturated carbocycles. The van der Waals surface area contributed by atoms with Crippen LogP contribution in [0.1, 0.15) is 90.9 Å². The minimum absolute atomic E-state index is 0.834. The summed E-state index contributed by atoms with van der Waals surface area (Å²) in [5.74, 6) is 1.67. The van der Waals surface area contributed by atoms with E-state index in [2.05, 4.69) is 27.7 Å². The maximum Gasteiger partial charge on any atom is -0.0386 e. The molecular formula is C18H36. The fourth-order valence-corrected chi connectivity index (χ4v) is 2.90. The molecule has 0 aliphatic carbocycles. The highest BCUT2D eigenvalue weighted by Gasteiger charge is 2.17. The molecule has 0 aliphatic heterocycles. The van der Waals surface area contributed by atoms with Gasteiger partial charge in [0.1, 0.15) is 0 Å². The molecule has 0 aromatic heterocycles. The van der Waals surface area contributed by atoms with Crippen molar-refractivity contribution in [2.45, 2.75) is 90.9 Å². The zero-order valence-electron chi connectivity index (χ0n) is 13.1. The molecule has 2 unspecified atom stereocenters. The van der Waals surface area contributed by atoms with E-state index in [-0.39, 0.29) is 0 Å². The van der Waals surface area contributed by atoms with Crippen molar-refractivity contribution in [1.82, 2.24) is 0 Å². The van der Waals surface area contributed by atoms with Crippen LogP contribution in [0.4, 0.5) is 0 Å². The second-order valence-electron chi connectivity index (χ2n) is 5.80. The molecule has 0 heterocycles. The lowest BCUT2D eigenvalue weighted by Crippen LogP contribution is -2.14. The van der Waals surface area contributed by atoms with Crippen molar-refractivity contribution in [2.24, 2.45) is 11.8 Å². The van der Waals surface area contributed by atoms with Gasteiger partial charge in [-0.25, -0.2) is 0 Å². The Labute approximate surface area is 117 Å². The average Bonchev–Trinajstić information content (AvgIpc) is 2.40. The minimum Gasteiger partial charge on any atom is -0.0654 e. The molecule has 0 heteroatoms. The van der Waals surface area contributed by atoms with Crippen molar-refractivity contribution < 1.29 is 0 Å². The molecule has 18 heavy (non-hydrogen) atoms. The van der Waals surface area contributed by atoms with E-state index in [4.69, 9.17) is 0 Å². The molecule has 0 N–H and O–H groups in total. The first-order chi connectivity index (χ1) is 8.79. The van der Waals surface area contributed by atoms with Crippen LogP contribution in [0, 0.1) is 25.7 Å². The van der Waals surface area contributed by atoms with Gasteiger partial charge in [0.15, 0.2) is 0 Å². The molecule has 0 aromatic carbocycles. The lowest BCUT2D eigenvalue weighted by atomic mass is 9.81. The predicted octanol–water partition coefficient (Wildman–Crippen LogP) is 6.61. The second kappa shape index (κ2) is 13.4. The van der Waals surface area contributed by atoms with Crippen molar-refractivity contribution in [3.05, 3.63) is 13.8 Å². The maximum atomic E-state index is 4.17. The summed E-state index contributed by atoms with van der Waals surface area (Å²) in [4.78, 5) is 0. The normalized spacial score (nSPS) is 14.7. The first-order valence-corrected chi connectivity index (χ1v) is 8.38. The van der Waals surface area contributed by atoms with Gasteiger partial charge in [0, 0.05) is 0 Å². The molecule has 0 nitrogen and oxygen atoms in total. The van der Waals surface area contributed by atoms with E-state index in [1.165, 1.54) is 64.2 Å². The van der Waals surface area contributed by atoms with Crippen molar-refractivity contribution in [3.63, 3.8) is 0 Å². The SMILES string of the molecule is [CH2]CC(CCCCCC)C(C[CH2])CCCCCC. The zero-order valence-corrected chi connectivity index (χ0v) is 13.1. The topological polar surface area (TPSA) is 0 Å². The van der Waals surface area contributed by atoms with Crippen LogP contribution in [0.25, 0.3) is 0 Å². The highest BCUT2D eigenvalue weighted by molar-refractivity contribution is 4.72. The third-order valence-corrected chi connectivity index (χ3v) is 4.27. The fourth-order valence-electron chi connectivity index (χ4n) is 2.90. The third-order valence-electron chi connectivity index (χ3n) is 4.27. The van der Waals surface area contributed by atoms with Gasteiger partial charge in [0.05, 0.1) is 0 Å². The van der Waals surface area contributed by atoms with Gasteiger partial charge in [-0.05, 0) is 11.8 Å². The molecular weight excluding hydrogens is 216 g/mol. The summed E-state index contributed by atoms with van der Waals surface area (Å²) in [5.41, 5.74) is 0. The Kier molecular flexibility index (Phi) is 13.4. The average molecular weight is 252 g/mol. The lowest BCUT2D eigenvalue weighted by Gasteiger charge is -2.25. The van der Waals surface area contributed by atoms with Gasteiger partial charge in [-0.2, -0.15) is 0 Å². The second-order valence-corrected chi connectivity index (χ2v) is 5.80. The van der Waals surface area contributed by atoms with Crippen LogP contribution in [0.15, 0.2) is 0 Å². The molecule has 0 bridgehead atoms. The Bertz CT molecular complexity index is 132. The van der Waals surface area contributed by atoms with Crippen molar-refractivity contribution in [3.8, 4) is 0 Å². The fraction of sp³-hybridized carbons (Fsp3) is 0.889. The van der Waals surface area contributed by atoms with Crippen LogP contribution in [0.3, 0.4) is 0 Å². The van der Waals surface area contributed by atoms with E-state index in [1.807, 2.05) is 0 Å². The molecule has 0 saturated heterocycles. The predicted molar refractivity (Wildman–Crippen MR) is 84.4 cm³/mol. The van der Waals surface area contributed by atoms with E-state index >= 15 is 0 Å². The van der Waals surface area contributed by atoms with Crippen molar-refractivity contribution in [1.29, 1.82) is 0 Å². The van der Waals surface area contributed by atoms with Gasteiger partial charge < -0.3 is 0 Å². The van der Waals surface area contributed by atoms with E-state index in [0.29, 0.717) is 0 Å². The Morgan fingerprint density at radius 3 is 1.28 bits per heavy atom. The number of unbranched alkanes of at least 4 members (excludes halogenated alkanes) is 6. The Morgan fingerprint density at radius 2 is 1.00 bits per heavy atom. The summed E-state index contributed by atoms with van der Waals surface area (Å²) in [7, 11) is 0. The molecule has 0 fully saturated rings. The highest BCUT2D eigenvalue weighted by atomic mass is 14.2. The maximum absolute atomic E-state index is 4.17. The lowest BCUT2D eigenvalue weighted by molar-refractivity contribution is 0.280. The summed E-state index contributed by atoms with van der Waals surface area (Å²) in [5, 5.41) is 0. The standard InChI is InChI=1S/C18H36/c1-5-9-11-13-15-17(7-3)18(8-4)16-14-12-10-6-2/h17-18H,3-16H2,1-2H3. The first-order valence-electron chi connectivity index (χ1n) is 8.38. The largest absolute Gasteiger partial charge is 0.0654 e. The molecule has 0 rings (SSSR count). The Balaban J connectivity index is 3.82. The molecule has 108 valence electrons. The van der Waals surface area contributed by atoms with E-state index in [9.17, 15) is 0 Å². The van der Waals surface area contributed by atoms with E-state index in [0.717, 1.165) is 24.7 Å². The van der Waals surface area contributed by atoms with Gasteiger partial charge in [0.25, 0.3) is 0 Å². The summed E-state index contributed by atoms with van der Waals surface area (Å²) in [6, 6.07) is 0. The molecule has 0 aliphatic rings. The first kappa shape index (κ1) is 18.0. The summed E-state index contributed by atoms with van der Waals surface area (Å²) in [6.45, 7) is 12.9. The Morgan fingerprint density at radius 1 is 0.611 bits per heavy atom. The molecule has 2 radical (unpaired) electrons. The van der Waals surface area contributed by atoms with Crippen LogP contribution < -0.4 is 0 Å². The molecule has 2 atom stereocenters. The van der Waals surface area contributed by atoms with Crippen LogP contribution in [0.2, 0.25) is 0 Å².